The third-order valence-corrected chi connectivity index (χ3v) is 4.00. The molecule has 114 valence electrons. The Kier molecular flexibility index (Phi) is 4.31. The summed E-state index contributed by atoms with van der Waals surface area (Å²) in [6, 6.07) is 1.80. The standard InChI is InChI=1S/C14H21N5O2/c1-17-2-4-19(5-3-17)14(20)12-10-13(16-11-15-12)18-6-8-21-9-7-18/h10-11H,2-9H2,1H3. The van der Waals surface area contributed by atoms with Crippen LogP contribution in [0.5, 0.6) is 0 Å². The van der Waals surface area contributed by atoms with E-state index in [-0.39, 0.29) is 5.91 Å². The molecule has 2 fully saturated rings. The molecule has 7 nitrogen and oxygen atoms in total. The SMILES string of the molecule is CN1CCN(C(=O)c2cc(N3CCOCC3)ncn2)CC1. The summed E-state index contributed by atoms with van der Waals surface area (Å²) in [6.07, 6.45) is 1.48. The molecule has 7 heteroatoms. The molecule has 3 heterocycles. The van der Waals surface area contributed by atoms with Crippen LogP contribution in [-0.4, -0.2) is 85.2 Å². The molecule has 0 aromatic carbocycles. The quantitative estimate of drug-likeness (QED) is 0.745. The van der Waals surface area contributed by atoms with Gasteiger partial charge in [0, 0.05) is 45.3 Å². The Bertz CT molecular complexity index is 496. The molecule has 3 rings (SSSR count). The monoisotopic (exact) mass is 291 g/mol. The van der Waals surface area contributed by atoms with E-state index in [1.807, 2.05) is 4.90 Å². The summed E-state index contributed by atoms with van der Waals surface area (Å²) in [6.45, 7) is 6.34. The second kappa shape index (κ2) is 6.36. The highest BCUT2D eigenvalue weighted by Crippen LogP contribution is 2.14. The number of carbonyl (C=O) groups is 1. The summed E-state index contributed by atoms with van der Waals surface area (Å²) in [5, 5.41) is 0. The summed E-state index contributed by atoms with van der Waals surface area (Å²) in [5.41, 5.74) is 0.482. The zero-order chi connectivity index (χ0) is 14.7. The van der Waals surface area contributed by atoms with E-state index in [0.717, 1.165) is 45.1 Å². The second-order valence-electron chi connectivity index (χ2n) is 5.46. The van der Waals surface area contributed by atoms with Gasteiger partial charge in [-0.2, -0.15) is 0 Å². The van der Waals surface area contributed by atoms with Gasteiger partial charge in [0.05, 0.1) is 13.2 Å². The minimum absolute atomic E-state index is 0.00000874. The highest BCUT2D eigenvalue weighted by Gasteiger charge is 2.22. The first-order chi connectivity index (χ1) is 10.2. The van der Waals surface area contributed by atoms with Gasteiger partial charge in [0.15, 0.2) is 0 Å². The van der Waals surface area contributed by atoms with Crippen LogP contribution in [0.4, 0.5) is 5.82 Å². The first-order valence-electron chi connectivity index (χ1n) is 7.36. The number of carbonyl (C=O) groups excluding carboxylic acids is 1. The number of hydrogen-bond acceptors (Lipinski definition) is 6. The van der Waals surface area contributed by atoms with E-state index >= 15 is 0 Å². The smallest absolute Gasteiger partial charge is 0.272 e. The van der Waals surface area contributed by atoms with Crippen molar-refractivity contribution in [1.29, 1.82) is 0 Å². The van der Waals surface area contributed by atoms with Crippen LogP contribution in [0.1, 0.15) is 10.5 Å². The summed E-state index contributed by atoms with van der Waals surface area (Å²) >= 11 is 0. The maximum absolute atomic E-state index is 12.5. The first-order valence-corrected chi connectivity index (χ1v) is 7.36. The molecule has 0 saturated carbocycles. The van der Waals surface area contributed by atoms with Crippen molar-refractivity contribution in [2.75, 3.05) is 64.4 Å². The summed E-state index contributed by atoms with van der Waals surface area (Å²) < 4.78 is 5.34. The first kappa shape index (κ1) is 14.2. The Morgan fingerprint density at radius 2 is 1.81 bits per heavy atom. The van der Waals surface area contributed by atoms with Crippen LogP contribution in [0.3, 0.4) is 0 Å². The summed E-state index contributed by atoms with van der Waals surface area (Å²) in [7, 11) is 2.07. The molecular weight excluding hydrogens is 270 g/mol. The Morgan fingerprint density at radius 3 is 2.52 bits per heavy atom. The summed E-state index contributed by atoms with van der Waals surface area (Å²) in [4.78, 5) is 27.2. The normalized spacial score (nSPS) is 20.6. The van der Waals surface area contributed by atoms with Crippen molar-refractivity contribution in [2.45, 2.75) is 0 Å². The van der Waals surface area contributed by atoms with E-state index in [0.29, 0.717) is 18.9 Å². The molecule has 2 saturated heterocycles. The van der Waals surface area contributed by atoms with Crippen molar-refractivity contribution < 1.29 is 9.53 Å². The molecule has 1 aromatic rings. The number of likely N-dealkylation sites (N-methyl/N-ethyl adjacent to an activating group) is 1. The maximum Gasteiger partial charge on any atom is 0.272 e. The highest BCUT2D eigenvalue weighted by molar-refractivity contribution is 5.93. The van der Waals surface area contributed by atoms with Gasteiger partial charge >= 0.3 is 0 Å². The molecule has 0 bridgehead atoms. The fraction of sp³-hybridized carbons (Fsp3) is 0.643. The Hall–Kier alpha value is -1.73. The number of anilines is 1. The van der Waals surface area contributed by atoms with Gasteiger partial charge in [0.2, 0.25) is 0 Å². The second-order valence-corrected chi connectivity index (χ2v) is 5.46. The predicted molar refractivity (Wildman–Crippen MR) is 78.5 cm³/mol. The van der Waals surface area contributed by atoms with Crippen LogP contribution in [0.25, 0.3) is 0 Å². The Morgan fingerprint density at radius 1 is 1.10 bits per heavy atom. The molecule has 0 spiro atoms. The van der Waals surface area contributed by atoms with Crippen LogP contribution >= 0.6 is 0 Å². The Labute approximate surface area is 124 Å². The van der Waals surface area contributed by atoms with Gasteiger partial charge in [-0.3, -0.25) is 4.79 Å². The fourth-order valence-electron chi connectivity index (χ4n) is 2.60. The molecule has 1 amide bonds. The van der Waals surface area contributed by atoms with Gasteiger partial charge in [-0.05, 0) is 7.05 Å². The highest BCUT2D eigenvalue weighted by atomic mass is 16.5. The van der Waals surface area contributed by atoms with Crippen LogP contribution in [-0.2, 0) is 4.74 Å². The minimum atomic E-state index is 0.00000874. The minimum Gasteiger partial charge on any atom is -0.378 e. The predicted octanol–water partition coefficient (Wildman–Crippen LogP) is -0.299. The van der Waals surface area contributed by atoms with E-state index in [1.54, 1.807) is 6.07 Å². The van der Waals surface area contributed by atoms with Crippen LogP contribution in [0, 0.1) is 0 Å². The van der Waals surface area contributed by atoms with E-state index in [2.05, 4.69) is 26.8 Å². The van der Waals surface area contributed by atoms with Crippen molar-refractivity contribution in [3.05, 3.63) is 18.1 Å². The third kappa shape index (κ3) is 3.30. The lowest BCUT2D eigenvalue weighted by molar-refractivity contribution is 0.0658. The Balaban J connectivity index is 1.71. The number of amides is 1. The van der Waals surface area contributed by atoms with Gasteiger partial charge in [0.1, 0.15) is 17.8 Å². The molecule has 1 aromatic heterocycles. The third-order valence-electron chi connectivity index (χ3n) is 4.00. The fourth-order valence-corrected chi connectivity index (χ4v) is 2.60. The molecule has 0 atom stereocenters. The number of aromatic nitrogens is 2. The largest absolute Gasteiger partial charge is 0.378 e. The number of morpholine rings is 1. The van der Waals surface area contributed by atoms with E-state index in [4.69, 9.17) is 4.74 Å². The molecular formula is C14H21N5O2. The van der Waals surface area contributed by atoms with Crippen molar-refractivity contribution in [1.82, 2.24) is 19.8 Å². The van der Waals surface area contributed by atoms with Gasteiger partial charge in [-0.25, -0.2) is 9.97 Å². The van der Waals surface area contributed by atoms with E-state index in [1.165, 1.54) is 6.33 Å². The lowest BCUT2D eigenvalue weighted by Gasteiger charge is -2.32. The van der Waals surface area contributed by atoms with Gasteiger partial charge in [-0.1, -0.05) is 0 Å². The zero-order valence-corrected chi connectivity index (χ0v) is 12.4. The molecule has 21 heavy (non-hydrogen) atoms. The van der Waals surface area contributed by atoms with Crippen molar-refractivity contribution in [2.24, 2.45) is 0 Å². The van der Waals surface area contributed by atoms with Crippen LogP contribution in [0.2, 0.25) is 0 Å². The molecule has 0 aliphatic carbocycles. The summed E-state index contributed by atoms with van der Waals surface area (Å²) in [5.74, 6) is 0.811. The average molecular weight is 291 g/mol. The number of piperazine rings is 1. The van der Waals surface area contributed by atoms with E-state index in [9.17, 15) is 4.79 Å². The lowest BCUT2D eigenvalue weighted by atomic mass is 10.2. The number of ether oxygens (including phenoxy) is 1. The van der Waals surface area contributed by atoms with Crippen molar-refractivity contribution >= 4 is 11.7 Å². The molecule has 2 aliphatic rings. The number of rotatable bonds is 2. The molecule has 0 radical (unpaired) electrons. The zero-order valence-electron chi connectivity index (χ0n) is 12.4. The van der Waals surface area contributed by atoms with Crippen LogP contribution in [0.15, 0.2) is 12.4 Å². The maximum atomic E-state index is 12.5. The lowest BCUT2D eigenvalue weighted by Crippen LogP contribution is -2.47. The van der Waals surface area contributed by atoms with Gasteiger partial charge < -0.3 is 19.4 Å². The van der Waals surface area contributed by atoms with Crippen molar-refractivity contribution in [3.63, 3.8) is 0 Å². The van der Waals surface area contributed by atoms with Crippen LogP contribution < -0.4 is 4.90 Å². The molecule has 2 aliphatic heterocycles. The molecule has 0 unspecified atom stereocenters. The van der Waals surface area contributed by atoms with E-state index < -0.39 is 0 Å². The van der Waals surface area contributed by atoms with Crippen molar-refractivity contribution in [3.8, 4) is 0 Å². The topological polar surface area (TPSA) is 61.8 Å². The van der Waals surface area contributed by atoms with Gasteiger partial charge in [-0.15, -0.1) is 0 Å². The number of hydrogen-bond donors (Lipinski definition) is 0. The molecule has 0 N–H and O–H groups in total. The number of nitrogens with zero attached hydrogens (tertiary/aromatic N) is 5. The average Bonchev–Trinajstić information content (AvgIpc) is 2.56. The van der Waals surface area contributed by atoms with Gasteiger partial charge in [0.25, 0.3) is 5.91 Å².